The maximum Gasteiger partial charge on any atom is 0.0641 e. The van der Waals surface area contributed by atoms with E-state index >= 15 is 0 Å². The Kier molecular flexibility index (Phi) is 4.58. The molecule has 2 aliphatic rings. The Morgan fingerprint density at radius 1 is 1.25 bits per heavy atom. The van der Waals surface area contributed by atoms with Crippen molar-refractivity contribution in [1.82, 2.24) is 5.32 Å². The van der Waals surface area contributed by atoms with E-state index in [9.17, 15) is 0 Å². The summed E-state index contributed by atoms with van der Waals surface area (Å²) in [5.41, 5.74) is 2.81. The molecule has 1 aromatic carbocycles. The lowest BCUT2D eigenvalue weighted by atomic mass is 10.1. The number of para-hydroxylation sites is 1. The molecule has 1 aliphatic carbocycles. The Morgan fingerprint density at radius 3 is 2.90 bits per heavy atom. The van der Waals surface area contributed by atoms with Crippen LogP contribution in [0.15, 0.2) is 24.3 Å². The third kappa shape index (κ3) is 3.33. The van der Waals surface area contributed by atoms with Gasteiger partial charge < -0.3 is 15.0 Å². The van der Waals surface area contributed by atoms with Crippen molar-refractivity contribution in [2.45, 2.75) is 38.8 Å². The highest BCUT2D eigenvalue weighted by atomic mass is 16.5. The Hall–Kier alpha value is -1.06. The van der Waals surface area contributed by atoms with Gasteiger partial charge in [0.2, 0.25) is 0 Å². The zero-order chi connectivity index (χ0) is 13.8. The Balaban J connectivity index is 1.68. The normalized spacial score (nSPS) is 22.4. The quantitative estimate of drug-likeness (QED) is 0.807. The second kappa shape index (κ2) is 6.59. The number of rotatable bonds is 6. The highest BCUT2D eigenvalue weighted by Gasteiger charge is 2.33. The molecule has 1 unspecified atom stereocenters. The first-order chi connectivity index (χ1) is 9.88. The molecule has 1 heterocycles. The predicted octanol–water partition coefficient (Wildman–Crippen LogP) is 2.80. The zero-order valence-electron chi connectivity index (χ0n) is 12.5. The molecular weight excluding hydrogens is 248 g/mol. The zero-order valence-corrected chi connectivity index (χ0v) is 12.5. The minimum Gasteiger partial charge on any atom is -0.380 e. The summed E-state index contributed by atoms with van der Waals surface area (Å²) in [6.45, 7) is 7.00. The summed E-state index contributed by atoms with van der Waals surface area (Å²) in [5.74, 6) is 0.892. The van der Waals surface area contributed by atoms with Crippen molar-refractivity contribution in [3.05, 3.63) is 29.8 Å². The summed E-state index contributed by atoms with van der Waals surface area (Å²) in [7, 11) is 0. The van der Waals surface area contributed by atoms with E-state index in [0.717, 1.165) is 45.2 Å². The standard InChI is InChI=1S/C17H26N2O/c1-2-10-20-11-9-19-13-16(14-7-8-14)18-12-15-5-3-4-6-17(15)19/h3-6,14,16,18H,2,7-13H2,1H3. The first-order valence-corrected chi connectivity index (χ1v) is 8.02. The number of anilines is 1. The van der Waals surface area contributed by atoms with Crippen molar-refractivity contribution in [1.29, 1.82) is 0 Å². The number of nitrogens with zero attached hydrogens (tertiary/aromatic N) is 1. The molecule has 0 bridgehead atoms. The van der Waals surface area contributed by atoms with Crippen LogP contribution in [0.4, 0.5) is 5.69 Å². The summed E-state index contributed by atoms with van der Waals surface area (Å²) < 4.78 is 5.69. The van der Waals surface area contributed by atoms with Crippen LogP contribution in [-0.2, 0) is 11.3 Å². The van der Waals surface area contributed by atoms with Gasteiger partial charge in [-0.25, -0.2) is 0 Å². The largest absolute Gasteiger partial charge is 0.380 e. The van der Waals surface area contributed by atoms with Gasteiger partial charge in [-0.05, 0) is 36.8 Å². The first-order valence-electron chi connectivity index (χ1n) is 8.02. The van der Waals surface area contributed by atoms with Crippen LogP contribution in [0.5, 0.6) is 0 Å². The summed E-state index contributed by atoms with van der Waals surface area (Å²) in [6, 6.07) is 9.44. The third-order valence-corrected chi connectivity index (χ3v) is 4.35. The van der Waals surface area contributed by atoms with Crippen molar-refractivity contribution >= 4 is 5.69 Å². The van der Waals surface area contributed by atoms with Crippen LogP contribution in [0.25, 0.3) is 0 Å². The minimum atomic E-state index is 0.647. The summed E-state index contributed by atoms with van der Waals surface area (Å²) in [4.78, 5) is 2.52. The van der Waals surface area contributed by atoms with Gasteiger partial charge >= 0.3 is 0 Å². The highest BCUT2D eigenvalue weighted by molar-refractivity contribution is 5.54. The van der Waals surface area contributed by atoms with Crippen molar-refractivity contribution < 1.29 is 4.74 Å². The molecule has 0 saturated heterocycles. The smallest absolute Gasteiger partial charge is 0.0641 e. The van der Waals surface area contributed by atoms with E-state index < -0.39 is 0 Å². The van der Waals surface area contributed by atoms with E-state index in [0.29, 0.717) is 6.04 Å². The van der Waals surface area contributed by atoms with E-state index in [1.165, 1.54) is 24.1 Å². The van der Waals surface area contributed by atoms with E-state index in [1.54, 1.807) is 0 Å². The number of nitrogens with one attached hydrogen (secondary N) is 1. The molecule has 3 rings (SSSR count). The fourth-order valence-electron chi connectivity index (χ4n) is 3.06. The fraction of sp³-hybridized carbons (Fsp3) is 0.647. The average molecular weight is 274 g/mol. The number of ether oxygens (including phenoxy) is 1. The van der Waals surface area contributed by atoms with Gasteiger partial charge in [0.25, 0.3) is 0 Å². The predicted molar refractivity (Wildman–Crippen MR) is 83.1 cm³/mol. The van der Waals surface area contributed by atoms with E-state index in [1.807, 2.05) is 0 Å². The van der Waals surface area contributed by atoms with Crippen molar-refractivity contribution in [3.63, 3.8) is 0 Å². The van der Waals surface area contributed by atoms with Gasteiger partial charge in [0.1, 0.15) is 0 Å². The van der Waals surface area contributed by atoms with Gasteiger partial charge in [0.05, 0.1) is 6.61 Å². The van der Waals surface area contributed by atoms with Gasteiger partial charge in [-0.1, -0.05) is 25.1 Å². The third-order valence-electron chi connectivity index (χ3n) is 4.35. The van der Waals surface area contributed by atoms with Crippen LogP contribution < -0.4 is 10.2 Å². The second-order valence-electron chi connectivity index (χ2n) is 6.01. The topological polar surface area (TPSA) is 24.5 Å². The highest BCUT2D eigenvalue weighted by Crippen LogP contribution is 2.35. The van der Waals surface area contributed by atoms with Crippen LogP contribution in [0, 0.1) is 5.92 Å². The fourth-order valence-corrected chi connectivity index (χ4v) is 3.06. The number of hydrogen-bond donors (Lipinski definition) is 1. The average Bonchev–Trinajstić information content (AvgIpc) is 3.30. The van der Waals surface area contributed by atoms with Crippen LogP contribution in [0.3, 0.4) is 0 Å². The Morgan fingerprint density at radius 2 is 2.10 bits per heavy atom. The van der Waals surface area contributed by atoms with Gasteiger partial charge in [-0.2, -0.15) is 0 Å². The van der Waals surface area contributed by atoms with Gasteiger partial charge in [-0.15, -0.1) is 0 Å². The van der Waals surface area contributed by atoms with Crippen LogP contribution in [0.2, 0.25) is 0 Å². The molecule has 1 N–H and O–H groups in total. The Labute approximate surface area is 122 Å². The molecule has 0 spiro atoms. The molecule has 0 amide bonds. The molecule has 1 atom stereocenters. The lowest BCUT2D eigenvalue weighted by molar-refractivity contribution is 0.140. The van der Waals surface area contributed by atoms with Crippen LogP contribution >= 0.6 is 0 Å². The molecule has 3 nitrogen and oxygen atoms in total. The van der Waals surface area contributed by atoms with Crippen LogP contribution in [-0.4, -0.2) is 32.3 Å². The van der Waals surface area contributed by atoms with Crippen molar-refractivity contribution in [2.75, 3.05) is 31.2 Å². The summed E-state index contributed by atoms with van der Waals surface area (Å²) >= 11 is 0. The molecule has 20 heavy (non-hydrogen) atoms. The number of fused-ring (bicyclic) bond motifs is 1. The van der Waals surface area contributed by atoms with E-state index in [4.69, 9.17) is 4.74 Å². The molecule has 1 fully saturated rings. The summed E-state index contributed by atoms with van der Waals surface area (Å²) in [6.07, 6.45) is 3.89. The Bertz CT molecular complexity index is 431. The SMILES string of the molecule is CCCOCCN1CC(C2CC2)NCc2ccccc21. The van der Waals surface area contributed by atoms with E-state index in [-0.39, 0.29) is 0 Å². The molecule has 1 saturated carbocycles. The molecular formula is C17H26N2O. The molecule has 3 heteroatoms. The maximum absolute atomic E-state index is 5.69. The first kappa shape index (κ1) is 13.9. The number of hydrogen-bond acceptors (Lipinski definition) is 3. The molecule has 110 valence electrons. The lowest BCUT2D eigenvalue weighted by Crippen LogP contribution is -2.41. The lowest BCUT2D eigenvalue weighted by Gasteiger charge is -2.27. The molecule has 1 aliphatic heterocycles. The summed E-state index contributed by atoms with van der Waals surface area (Å²) in [5, 5.41) is 3.75. The maximum atomic E-state index is 5.69. The second-order valence-corrected chi connectivity index (χ2v) is 6.01. The molecule has 0 radical (unpaired) electrons. The van der Waals surface area contributed by atoms with E-state index in [2.05, 4.69) is 41.4 Å². The molecule has 0 aromatic heterocycles. The van der Waals surface area contributed by atoms with Gasteiger partial charge in [0, 0.05) is 38.0 Å². The van der Waals surface area contributed by atoms with Gasteiger partial charge in [0.15, 0.2) is 0 Å². The van der Waals surface area contributed by atoms with Gasteiger partial charge in [-0.3, -0.25) is 0 Å². The monoisotopic (exact) mass is 274 g/mol. The number of benzene rings is 1. The minimum absolute atomic E-state index is 0.647. The van der Waals surface area contributed by atoms with Crippen molar-refractivity contribution in [2.24, 2.45) is 5.92 Å². The molecule has 1 aromatic rings. The van der Waals surface area contributed by atoms with Crippen molar-refractivity contribution in [3.8, 4) is 0 Å². The van der Waals surface area contributed by atoms with Crippen LogP contribution in [0.1, 0.15) is 31.7 Å².